The molecule has 2 N–H and O–H groups in total. The number of para-hydroxylation sites is 1. The van der Waals surface area contributed by atoms with Crippen molar-refractivity contribution in [1.29, 1.82) is 0 Å². The summed E-state index contributed by atoms with van der Waals surface area (Å²) in [6.45, 7) is -0.0681. The van der Waals surface area contributed by atoms with E-state index in [1.165, 1.54) is 0 Å². The molecule has 1 aliphatic heterocycles. The van der Waals surface area contributed by atoms with Gasteiger partial charge in [-0.3, -0.25) is 23.7 Å². The molecule has 12 nitrogen and oxygen atoms in total. The number of alkyl halides is 1. The highest BCUT2D eigenvalue weighted by Gasteiger charge is 2.55. The highest BCUT2D eigenvalue weighted by Crippen LogP contribution is 2.42. The van der Waals surface area contributed by atoms with Gasteiger partial charge in [0, 0.05) is 12.3 Å². The number of H-pyrrole nitrogens is 1. The number of aliphatic hydroxyl groups excluding tert-OH is 1. The van der Waals surface area contributed by atoms with Crippen molar-refractivity contribution in [2.24, 2.45) is 0 Å². The molecule has 5 atom stereocenters. The topological polar surface area (TPSA) is 149 Å². The van der Waals surface area contributed by atoms with Crippen molar-refractivity contribution in [2.45, 2.75) is 31.0 Å². The summed E-state index contributed by atoms with van der Waals surface area (Å²) in [7, 11) is -2.10. The molecule has 2 heterocycles. The van der Waals surface area contributed by atoms with E-state index < -0.39 is 62.7 Å². The number of carbonyl (C=O) groups is 1. The number of methoxy groups -OCH3 is 1. The van der Waals surface area contributed by atoms with E-state index in [9.17, 15) is 24.1 Å². The number of halogens is 1. The van der Waals surface area contributed by atoms with E-state index in [0.717, 1.165) is 35.7 Å². The molecular weight excluding hydrogens is 464 g/mol. The summed E-state index contributed by atoms with van der Waals surface area (Å²) < 4.78 is 44.0. The first kappa shape index (κ1) is 24.8. The number of hydrogen-bond donors (Lipinski definition) is 2. The normalized spacial score (nSPS) is 25.7. The van der Waals surface area contributed by atoms with Gasteiger partial charge >= 0.3 is 11.7 Å². The molecule has 1 aromatic heterocycles. The minimum atomic E-state index is -3.24. The number of aromatic amines is 1. The molecule has 180 valence electrons. The number of hydrogen-bond acceptors (Lipinski definition) is 9. The van der Waals surface area contributed by atoms with Crippen LogP contribution in [-0.4, -0.2) is 63.6 Å². The van der Waals surface area contributed by atoms with E-state index in [0.29, 0.717) is 0 Å². The molecule has 0 aliphatic carbocycles. The maximum Gasteiger partial charge on any atom is 0.330 e. The number of hydroxylamine groups is 1. The molecular formula is C19H23FN3O9P. The maximum atomic E-state index is 15.2. The van der Waals surface area contributed by atoms with E-state index in [1.807, 2.05) is 4.98 Å². The van der Waals surface area contributed by atoms with E-state index in [4.69, 9.17) is 14.1 Å². The zero-order valence-corrected chi connectivity index (χ0v) is 18.7. The Kier molecular flexibility index (Phi) is 7.82. The van der Waals surface area contributed by atoms with Gasteiger partial charge in [-0.15, -0.1) is 0 Å². The lowest BCUT2D eigenvalue weighted by atomic mass is 9.98. The predicted octanol–water partition coefficient (Wildman–Crippen LogP) is 0.398. The smallest absolute Gasteiger partial charge is 0.330 e. The molecule has 3 rings (SSSR count). The van der Waals surface area contributed by atoms with Crippen LogP contribution in [0.5, 0.6) is 5.75 Å². The average molecular weight is 487 g/mol. The summed E-state index contributed by atoms with van der Waals surface area (Å²) in [4.78, 5) is 43.1. The minimum absolute atomic E-state index is 0.273. The summed E-state index contributed by atoms with van der Waals surface area (Å²) in [5.41, 5.74) is -4.06. The first-order chi connectivity index (χ1) is 15.6. The fraction of sp³-hybridized carbons (Fsp3) is 0.421. The summed E-state index contributed by atoms with van der Waals surface area (Å²) in [5.74, 6) is -0.478. The van der Waals surface area contributed by atoms with Gasteiger partial charge in [-0.2, -0.15) is 0 Å². The fourth-order valence-electron chi connectivity index (χ4n) is 3.11. The van der Waals surface area contributed by atoms with Crippen molar-refractivity contribution in [1.82, 2.24) is 14.4 Å². The average Bonchev–Trinajstić information content (AvgIpc) is 3.01. The van der Waals surface area contributed by atoms with E-state index in [-0.39, 0.29) is 5.75 Å². The van der Waals surface area contributed by atoms with Gasteiger partial charge in [-0.05, 0) is 19.1 Å². The number of carbonyl (C=O) groups excluding carboxylic acids is 1. The van der Waals surface area contributed by atoms with Crippen LogP contribution in [0, 0.1) is 0 Å². The van der Waals surface area contributed by atoms with E-state index in [1.54, 1.807) is 30.3 Å². The van der Waals surface area contributed by atoms with Crippen LogP contribution in [0.25, 0.3) is 0 Å². The van der Waals surface area contributed by atoms with Crippen LogP contribution >= 0.6 is 8.18 Å². The Morgan fingerprint density at radius 3 is 2.67 bits per heavy atom. The van der Waals surface area contributed by atoms with E-state index in [2.05, 4.69) is 4.74 Å². The van der Waals surface area contributed by atoms with Crippen molar-refractivity contribution in [3.8, 4) is 5.75 Å². The number of rotatable bonds is 9. The summed E-state index contributed by atoms with van der Waals surface area (Å²) in [6.07, 6.45) is -3.64. The Morgan fingerprint density at radius 1 is 1.33 bits per heavy atom. The second kappa shape index (κ2) is 10.4. The second-order valence-electron chi connectivity index (χ2n) is 7.23. The lowest BCUT2D eigenvalue weighted by Crippen LogP contribution is -2.43. The predicted molar refractivity (Wildman–Crippen MR) is 111 cm³/mol. The Morgan fingerprint density at radius 2 is 2.03 bits per heavy atom. The number of esters is 1. The SMILES string of the molecule is COC(=O)CN(Oc1ccccc1)[PH](=O)OC[C@H]1O[C@@H](n2ccc(=O)[nH]c2=O)[C@](C)(F)[C@@H]1O. The minimum Gasteiger partial charge on any atom is -0.468 e. The summed E-state index contributed by atoms with van der Waals surface area (Å²) in [5, 5.41) is 10.4. The summed E-state index contributed by atoms with van der Waals surface area (Å²) >= 11 is 0. The van der Waals surface area contributed by atoms with Crippen molar-refractivity contribution >= 4 is 14.1 Å². The monoisotopic (exact) mass is 487 g/mol. The molecule has 1 fully saturated rings. The number of nitrogens with zero attached hydrogens (tertiary/aromatic N) is 2. The largest absolute Gasteiger partial charge is 0.468 e. The van der Waals surface area contributed by atoms with Crippen LogP contribution < -0.4 is 16.1 Å². The molecule has 1 saturated heterocycles. The van der Waals surface area contributed by atoms with Gasteiger partial charge in [-0.25, -0.2) is 9.18 Å². The van der Waals surface area contributed by atoms with Crippen LogP contribution in [-0.2, 0) is 23.4 Å². The molecule has 14 heteroatoms. The molecule has 1 unspecified atom stereocenters. The molecule has 0 radical (unpaired) electrons. The number of ether oxygens (including phenoxy) is 2. The third-order valence-corrected chi connectivity index (χ3v) is 5.93. The Hall–Kier alpha value is -2.83. The van der Waals surface area contributed by atoms with Gasteiger partial charge in [0.25, 0.3) is 13.7 Å². The molecule has 0 saturated carbocycles. The van der Waals surface area contributed by atoms with E-state index >= 15 is 4.39 Å². The quantitative estimate of drug-likeness (QED) is 0.289. The molecule has 1 aliphatic rings. The van der Waals surface area contributed by atoms with Crippen LogP contribution in [0.1, 0.15) is 13.2 Å². The summed E-state index contributed by atoms with van der Waals surface area (Å²) in [6, 6.07) is 9.17. The Bertz CT molecular complexity index is 1110. The van der Waals surface area contributed by atoms with Crippen molar-refractivity contribution in [2.75, 3.05) is 20.3 Å². The van der Waals surface area contributed by atoms with Crippen LogP contribution in [0.15, 0.2) is 52.2 Å². The van der Waals surface area contributed by atoms with Gasteiger partial charge in [0.15, 0.2) is 11.9 Å². The molecule has 0 bridgehead atoms. The van der Waals surface area contributed by atoms with Gasteiger partial charge < -0.3 is 23.9 Å². The van der Waals surface area contributed by atoms with Crippen LogP contribution in [0.2, 0.25) is 0 Å². The van der Waals surface area contributed by atoms with Crippen molar-refractivity contribution in [3.05, 3.63) is 63.4 Å². The maximum absolute atomic E-state index is 15.2. The van der Waals surface area contributed by atoms with Crippen LogP contribution in [0.3, 0.4) is 0 Å². The van der Waals surface area contributed by atoms with Gasteiger partial charge in [0.2, 0.25) is 0 Å². The fourth-order valence-corrected chi connectivity index (χ4v) is 4.00. The number of aliphatic hydroxyl groups is 1. The van der Waals surface area contributed by atoms with Crippen molar-refractivity contribution in [3.63, 3.8) is 0 Å². The lowest BCUT2D eigenvalue weighted by molar-refractivity contribution is -0.145. The highest BCUT2D eigenvalue weighted by atomic mass is 31.1. The zero-order valence-electron chi connectivity index (χ0n) is 17.7. The second-order valence-corrected chi connectivity index (χ2v) is 8.55. The molecule has 0 spiro atoms. The highest BCUT2D eigenvalue weighted by molar-refractivity contribution is 7.36. The number of nitrogens with one attached hydrogen (secondary N) is 1. The third-order valence-electron chi connectivity index (χ3n) is 4.85. The van der Waals surface area contributed by atoms with Crippen molar-refractivity contribution < 1.29 is 37.7 Å². The number of aromatic nitrogens is 2. The van der Waals surface area contributed by atoms with Crippen LogP contribution in [0.4, 0.5) is 4.39 Å². The molecule has 1 aromatic carbocycles. The standard InChI is InChI=1S/C19H23FN3O9P/c1-19(20)16(26)13(31-17(19)22-9-8-14(24)21-18(22)27)11-30-33(28)23(10-15(25)29-2)32-12-6-4-3-5-7-12/h3-9,13,16-17,26,33H,10-11H2,1-2H3,(H,21,24,27)/t13-,16-,17-,19-/m1/s1. The van der Waals surface area contributed by atoms with Gasteiger partial charge in [0.05, 0.1) is 13.7 Å². The first-order valence-corrected chi connectivity index (χ1v) is 11.0. The Balaban J connectivity index is 1.71. The first-order valence-electron chi connectivity index (χ1n) is 9.71. The Labute approximate surface area is 187 Å². The lowest BCUT2D eigenvalue weighted by Gasteiger charge is -2.24. The third kappa shape index (κ3) is 5.75. The van der Waals surface area contributed by atoms with Gasteiger partial charge in [-0.1, -0.05) is 23.0 Å². The number of benzene rings is 1. The molecule has 0 amide bonds. The molecule has 33 heavy (non-hydrogen) atoms. The van der Waals surface area contributed by atoms with Gasteiger partial charge in [0.1, 0.15) is 24.5 Å². The molecule has 2 aromatic rings. The zero-order chi connectivity index (χ0) is 24.2.